The second kappa shape index (κ2) is 14.5. The van der Waals surface area contributed by atoms with E-state index in [9.17, 15) is 19.5 Å². The van der Waals surface area contributed by atoms with Gasteiger partial charge in [-0.2, -0.15) is 0 Å². The van der Waals surface area contributed by atoms with Gasteiger partial charge in [-0.1, -0.05) is 72.8 Å². The molecule has 3 aromatic rings. The molecule has 0 bridgehead atoms. The quantitative estimate of drug-likeness (QED) is 0.226. The molecule has 0 aromatic heterocycles. The number of carbonyl (C=O) groups is 3. The van der Waals surface area contributed by atoms with Gasteiger partial charge >= 0.3 is 5.97 Å². The molecular weight excluding hydrogens is 565 g/mol. The van der Waals surface area contributed by atoms with Crippen molar-refractivity contribution in [1.29, 1.82) is 0 Å². The summed E-state index contributed by atoms with van der Waals surface area (Å²) in [4.78, 5) is 43.1. The average Bonchev–Trinajstić information content (AvgIpc) is 3.48. The van der Waals surface area contributed by atoms with Gasteiger partial charge in [0.2, 0.25) is 5.91 Å². The van der Waals surface area contributed by atoms with E-state index in [1.807, 2.05) is 60.7 Å². The lowest BCUT2D eigenvalue weighted by molar-refractivity contribution is -0.153. The Hall–Kier alpha value is -3.94. The van der Waals surface area contributed by atoms with Gasteiger partial charge in [-0.05, 0) is 55.5 Å². The van der Waals surface area contributed by atoms with Crippen LogP contribution < -0.4 is 5.73 Å². The number of phenolic OH excluding ortho intramolecular Hbond substituents is 1. The molecular formula is C33H40N3O6P. The molecule has 0 unspecified atom stereocenters. The Kier molecular flexibility index (Phi) is 10.8. The first kappa shape index (κ1) is 32.0. The normalized spacial score (nSPS) is 16.3. The third-order valence-electron chi connectivity index (χ3n) is 7.59. The van der Waals surface area contributed by atoms with Gasteiger partial charge in [0.25, 0.3) is 5.91 Å². The van der Waals surface area contributed by atoms with Crippen LogP contribution in [0.4, 0.5) is 0 Å². The second-order valence-corrected chi connectivity index (χ2v) is 13.7. The highest BCUT2D eigenvalue weighted by Gasteiger charge is 2.48. The number of aromatic hydroxyl groups is 1. The molecule has 4 rings (SSSR count). The van der Waals surface area contributed by atoms with Crippen LogP contribution in [-0.4, -0.2) is 63.7 Å². The summed E-state index contributed by atoms with van der Waals surface area (Å²) in [6, 6.07) is 21.8. The highest BCUT2D eigenvalue weighted by atomic mass is 31.2. The van der Waals surface area contributed by atoms with Gasteiger partial charge in [0, 0.05) is 25.3 Å². The molecule has 2 amide bonds. The number of hydrogen-bond acceptors (Lipinski definition) is 7. The van der Waals surface area contributed by atoms with Crippen LogP contribution in [-0.2, 0) is 42.4 Å². The van der Waals surface area contributed by atoms with Crippen molar-refractivity contribution in [2.75, 3.05) is 13.2 Å². The molecule has 1 fully saturated rings. The van der Waals surface area contributed by atoms with Gasteiger partial charge in [0.05, 0.1) is 12.6 Å². The Balaban J connectivity index is 1.89. The van der Waals surface area contributed by atoms with E-state index < -0.39 is 37.3 Å². The maximum absolute atomic E-state index is 15.6. The van der Waals surface area contributed by atoms with Gasteiger partial charge in [0.15, 0.2) is 7.29 Å². The molecule has 0 aliphatic carbocycles. The lowest BCUT2D eigenvalue weighted by atomic mass is 10.0. The summed E-state index contributed by atoms with van der Waals surface area (Å²) in [5.74, 6) is -1.56. The van der Waals surface area contributed by atoms with Crippen LogP contribution in [0.5, 0.6) is 5.75 Å². The standard InChI is InChI=1S/C33H40N3O6P/c1-3-42-33(40)30(21-25-16-18-28(37)19-17-25)36(32(39)29-15-10-20-35(29)31(38)24(2)34)43(41,22-26-11-6-4-7-12-26)23-27-13-8-5-9-14-27/h4-9,11-14,16-19,24,29-30,37H,3,10,15,20-23,34H2,1-2H3/t24-,29-,30-/m0/s1. The van der Waals surface area contributed by atoms with Crippen LogP contribution in [0, 0.1) is 0 Å². The fourth-order valence-corrected chi connectivity index (χ4v) is 8.75. The highest BCUT2D eigenvalue weighted by Crippen LogP contribution is 2.58. The van der Waals surface area contributed by atoms with Crippen molar-refractivity contribution in [3.05, 3.63) is 102 Å². The monoisotopic (exact) mass is 605 g/mol. The van der Waals surface area contributed by atoms with E-state index in [0.29, 0.717) is 24.9 Å². The van der Waals surface area contributed by atoms with Gasteiger partial charge in [-0.15, -0.1) is 0 Å². The smallest absolute Gasteiger partial charge is 0.329 e. The first-order valence-corrected chi connectivity index (χ1v) is 16.7. The molecule has 43 heavy (non-hydrogen) atoms. The Labute approximate surface area is 253 Å². The summed E-state index contributed by atoms with van der Waals surface area (Å²) in [6.07, 6.45) is 0.986. The Morgan fingerprint density at radius 2 is 1.51 bits per heavy atom. The van der Waals surface area contributed by atoms with Crippen LogP contribution >= 0.6 is 7.29 Å². The SMILES string of the molecule is CCOC(=O)[C@H](Cc1ccc(O)cc1)N(C(=O)[C@@H]1CCCN1C(=O)[C@H](C)N)P(=O)(Cc1ccccc1)Cc1ccccc1. The van der Waals surface area contributed by atoms with Gasteiger partial charge in [-0.25, -0.2) is 4.79 Å². The zero-order valence-corrected chi connectivity index (χ0v) is 25.6. The number of amides is 2. The molecule has 1 aliphatic rings. The molecule has 0 radical (unpaired) electrons. The van der Waals surface area contributed by atoms with Crippen molar-refractivity contribution in [3.8, 4) is 5.75 Å². The number of hydrogen-bond donors (Lipinski definition) is 2. The molecule has 228 valence electrons. The number of rotatable bonds is 12. The van der Waals surface area contributed by atoms with Crippen molar-refractivity contribution in [3.63, 3.8) is 0 Å². The first-order valence-electron chi connectivity index (χ1n) is 14.6. The fraction of sp³-hybridized carbons (Fsp3) is 0.364. The lowest BCUT2D eigenvalue weighted by Crippen LogP contribution is -2.55. The summed E-state index contributed by atoms with van der Waals surface area (Å²) in [7, 11) is -3.78. The number of carbonyl (C=O) groups excluding carboxylic acids is 3. The number of esters is 1. The van der Waals surface area contributed by atoms with Gasteiger partial charge in [-0.3, -0.25) is 18.8 Å². The average molecular weight is 606 g/mol. The number of ether oxygens (including phenoxy) is 1. The van der Waals surface area contributed by atoms with Crippen LogP contribution in [0.15, 0.2) is 84.9 Å². The third-order valence-corrected chi connectivity index (χ3v) is 10.6. The molecule has 0 saturated carbocycles. The van der Waals surface area contributed by atoms with Crippen molar-refractivity contribution >= 4 is 25.1 Å². The van der Waals surface area contributed by atoms with Crippen molar-refractivity contribution in [1.82, 2.24) is 9.57 Å². The van der Waals surface area contributed by atoms with Crippen molar-refractivity contribution < 1.29 is 28.8 Å². The van der Waals surface area contributed by atoms with Gasteiger partial charge in [0.1, 0.15) is 17.8 Å². The maximum Gasteiger partial charge on any atom is 0.329 e. The molecule has 3 atom stereocenters. The minimum atomic E-state index is -3.78. The zero-order valence-electron chi connectivity index (χ0n) is 24.7. The molecule has 1 saturated heterocycles. The predicted octanol–water partition coefficient (Wildman–Crippen LogP) is 4.71. The topological polar surface area (TPSA) is 130 Å². The van der Waals surface area contributed by atoms with Crippen molar-refractivity contribution in [2.45, 2.75) is 63.6 Å². The van der Waals surface area contributed by atoms with Crippen LogP contribution in [0.25, 0.3) is 0 Å². The number of nitrogens with two attached hydrogens (primary N) is 1. The van der Waals surface area contributed by atoms with E-state index >= 15 is 4.57 Å². The molecule has 1 heterocycles. The van der Waals surface area contributed by atoms with Crippen LogP contribution in [0.1, 0.15) is 43.4 Å². The van der Waals surface area contributed by atoms with E-state index in [-0.39, 0.29) is 37.0 Å². The predicted molar refractivity (Wildman–Crippen MR) is 165 cm³/mol. The fourth-order valence-electron chi connectivity index (χ4n) is 5.60. The number of likely N-dealkylation sites (tertiary alicyclic amines) is 1. The van der Waals surface area contributed by atoms with Crippen LogP contribution in [0.3, 0.4) is 0 Å². The highest BCUT2D eigenvalue weighted by molar-refractivity contribution is 7.60. The van der Waals surface area contributed by atoms with E-state index in [4.69, 9.17) is 10.5 Å². The minimum absolute atomic E-state index is 0.00633. The molecule has 0 spiro atoms. The molecule has 1 aliphatic heterocycles. The van der Waals surface area contributed by atoms with E-state index in [2.05, 4.69) is 0 Å². The Morgan fingerprint density at radius 1 is 0.953 bits per heavy atom. The van der Waals surface area contributed by atoms with Crippen LogP contribution in [0.2, 0.25) is 0 Å². The Morgan fingerprint density at radius 3 is 2.02 bits per heavy atom. The largest absolute Gasteiger partial charge is 0.508 e. The lowest BCUT2D eigenvalue weighted by Gasteiger charge is -2.40. The van der Waals surface area contributed by atoms with E-state index in [1.54, 1.807) is 26.0 Å². The second-order valence-electron chi connectivity index (χ2n) is 10.9. The van der Waals surface area contributed by atoms with E-state index in [0.717, 1.165) is 11.1 Å². The molecule has 3 N–H and O–H groups in total. The maximum atomic E-state index is 15.6. The summed E-state index contributed by atoms with van der Waals surface area (Å²) in [6.45, 7) is 3.65. The first-order chi connectivity index (χ1) is 20.6. The van der Waals surface area contributed by atoms with Gasteiger partial charge < -0.3 is 20.5 Å². The Bertz CT molecular complexity index is 1390. The van der Waals surface area contributed by atoms with Crippen molar-refractivity contribution in [2.24, 2.45) is 5.73 Å². The molecule has 10 heteroatoms. The van der Waals surface area contributed by atoms with E-state index in [1.165, 1.54) is 21.7 Å². The zero-order chi connectivity index (χ0) is 31.0. The molecule has 9 nitrogen and oxygen atoms in total. The summed E-state index contributed by atoms with van der Waals surface area (Å²) >= 11 is 0. The minimum Gasteiger partial charge on any atom is -0.508 e. The summed E-state index contributed by atoms with van der Waals surface area (Å²) in [5.41, 5.74) is 8.09. The third kappa shape index (κ3) is 7.92. The number of nitrogens with zero attached hydrogens (tertiary/aromatic N) is 2. The molecule has 3 aromatic carbocycles. The number of phenols is 1. The summed E-state index contributed by atoms with van der Waals surface area (Å²) < 4.78 is 22.3. The summed E-state index contributed by atoms with van der Waals surface area (Å²) in [5, 5.41) is 9.86. The number of benzene rings is 3.